The summed E-state index contributed by atoms with van der Waals surface area (Å²) >= 11 is 0. The molecule has 0 unspecified atom stereocenters. The van der Waals surface area contributed by atoms with Crippen molar-refractivity contribution in [2.75, 3.05) is 23.3 Å². The van der Waals surface area contributed by atoms with Crippen LogP contribution in [0.5, 0.6) is 0 Å². The molecule has 128 valence electrons. The van der Waals surface area contributed by atoms with Crippen LogP contribution in [0.3, 0.4) is 0 Å². The van der Waals surface area contributed by atoms with Crippen LogP contribution in [0.2, 0.25) is 0 Å². The Hall–Kier alpha value is -3.23. The fourth-order valence-electron chi connectivity index (χ4n) is 3.01. The molecule has 25 heavy (non-hydrogen) atoms. The number of pyridine rings is 1. The summed E-state index contributed by atoms with van der Waals surface area (Å²) in [4.78, 5) is 30.2. The quantitative estimate of drug-likeness (QED) is 0.716. The topological polar surface area (TPSA) is 97.4 Å². The van der Waals surface area contributed by atoms with E-state index in [0.29, 0.717) is 23.6 Å². The van der Waals surface area contributed by atoms with Crippen molar-refractivity contribution in [3.8, 4) is 0 Å². The molecule has 3 aromatic heterocycles. The molecule has 0 aliphatic carbocycles. The normalized spacial score (nSPS) is 14.2. The van der Waals surface area contributed by atoms with Gasteiger partial charge in [-0.2, -0.15) is 10.1 Å². The highest BCUT2D eigenvalue weighted by Gasteiger charge is 2.19. The van der Waals surface area contributed by atoms with Crippen molar-refractivity contribution >= 4 is 29.5 Å². The Bertz CT molecular complexity index is 953. The van der Waals surface area contributed by atoms with Gasteiger partial charge >= 0.3 is 0 Å². The molecule has 0 saturated carbocycles. The first-order valence-corrected chi connectivity index (χ1v) is 8.05. The predicted molar refractivity (Wildman–Crippen MR) is 91.0 cm³/mol. The number of hydrogen-bond acceptors (Lipinski definition) is 6. The Morgan fingerprint density at radius 3 is 2.88 bits per heavy atom. The molecule has 0 aromatic carbocycles. The van der Waals surface area contributed by atoms with E-state index in [4.69, 9.17) is 0 Å². The van der Waals surface area contributed by atoms with Crippen molar-refractivity contribution in [2.24, 2.45) is 7.05 Å². The first-order valence-electron chi connectivity index (χ1n) is 8.05. The number of anilines is 2. The highest BCUT2D eigenvalue weighted by Crippen LogP contribution is 2.19. The largest absolute Gasteiger partial charge is 0.340 e. The molecule has 9 nitrogen and oxygen atoms in total. The van der Waals surface area contributed by atoms with Gasteiger partial charge in [-0.3, -0.25) is 14.3 Å². The maximum atomic E-state index is 12.4. The molecule has 0 spiro atoms. The Morgan fingerprint density at radius 1 is 1.32 bits per heavy atom. The Labute approximate surface area is 143 Å². The minimum atomic E-state index is -0.397. The molecular formula is C16H17N7O2. The lowest BCUT2D eigenvalue weighted by atomic mass is 10.2. The fraction of sp³-hybridized carbons (Fsp3) is 0.312. The highest BCUT2D eigenvalue weighted by atomic mass is 16.2. The zero-order chi connectivity index (χ0) is 17.4. The van der Waals surface area contributed by atoms with E-state index in [1.54, 1.807) is 29.9 Å². The van der Waals surface area contributed by atoms with E-state index < -0.39 is 5.91 Å². The molecule has 1 aliphatic rings. The average molecular weight is 339 g/mol. The lowest BCUT2D eigenvalue weighted by Crippen LogP contribution is -2.19. The lowest BCUT2D eigenvalue weighted by molar-refractivity contribution is 0.101. The third-order valence-electron chi connectivity index (χ3n) is 4.28. The summed E-state index contributed by atoms with van der Waals surface area (Å²) in [5.74, 6) is 0.307. The average Bonchev–Trinajstić information content (AvgIpc) is 3.32. The van der Waals surface area contributed by atoms with Crippen molar-refractivity contribution < 1.29 is 9.59 Å². The minimum Gasteiger partial charge on any atom is -0.340 e. The highest BCUT2D eigenvalue weighted by molar-refractivity contribution is 6.07. The molecule has 0 radical (unpaired) electrons. The van der Waals surface area contributed by atoms with Crippen LogP contribution >= 0.6 is 0 Å². The van der Waals surface area contributed by atoms with Crippen molar-refractivity contribution in [1.82, 2.24) is 24.4 Å². The van der Waals surface area contributed by atoms with E-state index >= 15 is 0 Å². The van der Waals surface area contributed by atoms with Crippen LogP contribution in [0.15, 0.2) is 24.5 Å². The molecular weight excluding hydrogens is 322 g/mol. The second kappa shape index (κ2) is 6.00. The summed E-state index contributed by atoms with van der Waals surface area (Å²) in [7, 11) is 1.62. The number of rotatable bonds is 4. The van der Waals surface area contributed by atoms with Gasteiger partial charge < -0.3 is 10.2 Å². The van der Waals surface area contributed by atoms with Crippen LogP contribution in [0.4, 0.5) is 11.6 Å². The standard InChI is InChI=1S/C16H17N7O2/c1-21-14(11(10-24)9-17-21)15(25)18-12-4-7-23-13(8-12)19-16(20-23)22-5-2-3-6-22/h4,7-10H,2-3,5-6H2,1H3,(H,18,25). The van der Waals surface area contributed by atoms with Gasteiger partial charge in [0, 0.05) is 38.1 Å². The first-order chi connectivity index (χ1) is 12.2. The molecule has 1 aliphatic heterocycles. The van der Waals surface area contributed by atoms with Gasteiger partial charge in [0.25, 0.3) is 5.91 Å². The SMILES string of the molecule is Cn1ncc(C=O)c1C(=O)Nc1ccn2nc(N3CCCC3)nc2c1. The van der Waals surface area contributed by atoms with Crippen molar-refractivity contribution in [3.05, 3.63) is 35.8 Å². The molecule has 1 amide bonds. The molecule has 4 rings (SSSR count). The van der Waals surface area contributed by atoms with Crippen LogP contribution in [-0.4, -0.2) is 49.7 Å². The summed E-state index contributed by atoms with van der Waals surface area (Å²) in [5.41, 5.74) is 1.70. The molecule has 0 bridgehead atoms. The summed E-state index contributed by atoms with van der Waals surface area (Å²) in [6.07, 6.45) is 6.04. The number of aldehydes is 1. The predicted octanol–water partition coefficient (Wildman–Crippen LogP) is 1.13. The van der Waals surface area contributed by atoms with Crippen LogP contribution in [-0.2, 0) is 7.05 Å². The number of nitrogens with one attached hydrogen (secondary N) is 1. The fourth-order valence-corrected chi connectivity index (χ4v) is 3.01. The Kier molecular flexibility index (Phi) is 3.68. The van der Waals surface area contributed by atoms with E-state index in [1.165, 1.54) is 10.9 Å². The van der Waals surface area contributed by atoms with Crippen LogP contribution in [0.1, 0.15) is 33.7 Å². The van der Waals surface area contributed by atoms with E-state index in [0.717, 1.165) is 25.9 Å². The van der Waals surface area contributed by atoms with Crippen LogP contribution in [0, 0.1) is 0 Å². The Balaban J connectivity index is 1.60. The zero-order valence-electron chi connectivity index (χ0n) is 13.7. The van der Waals surface area contributed by atoms with Gasteiger partial charge in [0.05, 0.1) is 11.8 Å². The Morgan fingerprint density at radius 2 is 2.12 bits per heavy atom. The van der Waals surface area contributed by atoms with Gasteiger partial charge in [0.15, 0.2) is 11.9 Å². The van der Waals surface area contributed by atoms with E-state index in [2.05, 4.69) is 25.4 Å². The number of aryl methyl sites for hydroxylation is 1. The number of amides is 1. The molecule has 1 saturated heterocycles. The maximum Gasteiger partial charge on any atom is 0.274 e. The summed E-state index contributed by atoms with van der Waals surface area (Å²) < 4.78 is 3.06. The summed E-state index contributed by atoms with van der Waals surface area (Å²) in [6, 6.07) is 3.49. The maximum absolute atomic E-state index is 12.4. The molecule has 0 atom stereocenters. The van der Waals surface area contributed by atoms with E-state index in [1.807, 2.05) is 0 Å². The first kappa shape index (κ1) is 15.3. The molecule has 9 heteroatoms. The van der Waals surface area contributed by atoms with Gasteiger partial charge in [-0.15, -0.1) is 5.10 Å². The zero-order valence-corrected chi connectivity index (χ0v) is 13.7. The number of fused-ring (bicyclic) bond motifs is 1. The molecule has 3 aromatic rings. The summed E-state index contributed by atoms with van der Waals surface area (Å²) in [6.45, 7) is 1.94. The van der Waals surface area contributed by atoms with Gasteiger partial charge in [0.1, 0.15) is 5.69 Å². The number of nitrogens with zero attached hydrogens (tertiary/aromatic N) is 6. The second-order valence-corrected chi connectivity index (χ2v) is 5.97. The number of hydrogen-bond donors (Lipinski definition) is 1. The number of carbonyl (C=O) groups is 2. The molecule has 4 heterocycles. The summed E-state index contributed by atoms with van der Waals surface area (Å²) in [5, 5.41) is 11.2. The molecule has 1 N–H and O–H groups in total. The third kappa shape index (κ3) is 2.73. The van der Waals surface area contributed by atoms with Crippen molar-refractivity contribution in [2.45, 2.75) is 12.8 Å². The van der Waals surface area contributed by atoms with E-state index in [9.17, 15) is 9.59 Å². The lowest BCUT2D eigenvalue weighted by Gasteiger charge is -2.10. The number of carbonyl (C=O) groups excluding carboxylic acids is 2. The minimum absolute atomic E-state index is 0.217. The third-order valence-corrected chi connectivity index (χ3v) is 4.28. The van der Waals surface area contributed by atoms with Crippen molar-refractivity contribution in [3.63, 3.8) is 0 Å². The van der Waals surface area contributed by atoms with Crippen molar-refractivity contribution in [1.29, 1.82) is 0 Å². The smallest absolute Gasteiger partial charge is 0.274 e. The second-order valence-electron chi connectivity index (χ2n) is 5.97. The molecule has 1 fully saturated rings. The van der Waals surface area contributed by atoms with Gasteiger partial charge in [-0.1, -0.05) is 0 Å². The van der Waals surface area contributed by atoms with Crippen LogP contribution < -0.4 is 10.2 Å². The van der Waals surface area contributed by atoms with Gasteiger partial charge in [-0.05, 0) is 18.9 Å². The van der Waals surface area contributed by atoms with Gasteiger partial charge in [0.2, 0.25) is 5.95 Å². The monoisotopic (exact) mass is 339 g/mol. The van der Waals surface area contributed by atoms with Gasteiger partial charge in [-0.25, -0.2) is 4.52 Å². The number of aromatic nitrogens is 5. The van der Waals surface area contributed by atoms with E-state index in [-0.39, 0.29) is 11.3 Å². The van der Waals surface area contributed by atoms with Crippen LogP contribution in [0.25, 0.3) is 5.65 Å².